The minimum Gasteiger partial charge on any atom is -0.322 e. The van der Waals surface area contributed by atoms with Crippen LogP contribution < -0.4 is 9.62 Å². The Morgan fingerprint density at radius 3 is 1.97 bits per heavy atom. The maximum Gasteiger partial charge on any atom is 0.416 e. The van der Waals surface area contributed by atoms with Gasteiger partial charge in [0, 0.05) is 12.2 Å². The molecule has 174 valence electrons. The van der Waals surface area contributed by atoms with Gasteiger partial charge in [-0.15, -0.1) is 0 Å². The van der Waals surface area contributed by atoms with Crippen molar-refractivity contribution in [3.05, 3.63) is 57.1 Å². The van der Waals surface area contributed by atoms with Crippen LogP contribution in [0.15, 0.2) is 30.3 Å². The van der Waals surface area contributed by atoms with Crippen molar-refractivity contribution in [3.63, 3.8) is 0 Å². The normalized spacial score (nSPS) is 16.3. The maximum atomic E-state index is 13.0. The molecule has 0 atom stereocenters. The lowest BCUT2D eigenvalue weighted by atomic mass is 10.1. The van der Waals surface area contributed by atoms with E-state index in [9.17, 15) is 39.6 Å². The number of amides is 1. The molecular weight excluding hydrogens is 509 g/mol. The summed E-state index contributed by atoms with van der Waals surface area (Å²) < 4.78 is 103. The molecule has 2 aromatic carbocycles. The van der Waals surface area contributed by atoms with Gasteiger partial charge in [0.15, 0.2) is 0 Å². The summed E-state index contributed by atoms with van der Waals surface area (Å²) in [5.41, 5.74) is -4.47. The summed E-state index contributed by atoms with van der Waals surface area (Å²) in [6.45, 7) is 0.101. The predicted octanol–water partition coefficient (Wildman–Crippen LogP) is 5.82. The van der Waals surface area contributed by atoms with Gasteiger partial charge in [-0.05, 0) is 36.8 Å². The number of nitrogens with one attached hydrogen (secondary N) is 1. The molecule has 14 heteroatoms. The number of halogens is 8. The lowest BCUT2D eigenvalue weighted by Gasteiger charge is -2.19. The Bertz CT molecular complexity index is 1150. The highest BCUT2D eigenvalue weighted by atomic mass is 35.5. The highest BCUT2D eigenvalue weighted by Gasteiger charge is 2.37. The van der Waals surface area contributed by atoms with E-state index in [1.807, 2.05) is 5.32 Å². The van der Waals surface area contributed by atoms with Crippen LogP contribution >= 0.6 is 23.2 Å². The van der Waals surface area contributed by atoms with Gasteiger partial charge in [0.25, 0.3) is 5.91 Å². The van der Waals surface area contributed by atoms with Gasteiger partial charge in [-0.3, -0.25) is 9.10 Å². The van der Waals surface area contributed by atoms with E-state index >= 15 is 0 Å². The summed E-state index contributed by atoms with van der Waals surface area (Å²) in [4.78, 5) is 12.7. The van der Waals surface area contributed by atoms with Gasteiger partial charge in [0.05, 0.1) is 38.2 Å². The summed E-state index contributed by atoms with van der Waals surface area (Å²) in [5, 5.41) is 1.36. The van der Waals surface area contributed by atoms with Gasteiger partial charge in [0.2, 0.25) is 10.0 Å². The topological polar surface area (TPSA) is 66.5 Å². The van der Waals surface area contributed by atoms with Crippen LogP contribution in [-0.2, 0) is 22.4 Å². The van der Waals surface area contributed by atoms with Gasteiger partial charge in [-0.25, -0.2) is 8.42 Å². The smallest absolute Gasteiger partial charge is 0.322 e. The molecule has 1 heterocycles. The molecule has 1 N–H and O–H groups in total. The fourth-order valence-electron chi connectivity index (χ4n) is 3.04. The molecule has 2 aromatic rings. The zero-order chi connectivity index (χ0) is 24.1. The van der Waals surface area contributed by atoms with E-state index in [0.29, 0.717) is 18.6 Å². The summed E-state index contributed by atoms with van der Waals surface area (Å²) in [5.74, 6) is -1.32. The summed E-state index contributed by atoms with van der Waals surface area (Å²) in [6.07, 6.45) is -9.90. The second-order valence-corrected chi connectivity index (χ2v) is 9.58. The molecule has 5 nitrogen and oxygen atoms in total. The minimum atomic E-state index is -5.11. The zero-order valence-electron chi connectivity index (χ0n) is 15.6. The Morgan fingerprint density at radius 2 is 1.50 bits per heavy atom. The quantitative estimate of drug-likeness (QED) is 0.518. The van der Waals surface area contributed by atoms with Crippen molar-refractivity contribution in [1.82, 2.24) is 0 Å². The van der Waals surface area contributed by atoms with E-state index in [2.05, 4.69) is 0 Å². The number of carbonyl (C=O) groups excluding carboxylic acids is 1. The first-order valence-corrected chi connectivity index (χ1v) is 11.1. The molecule has 1 fully saturated rings. The summed E-state index contributed by atoms with van der Waals surface area (Å²) >= 11 is 12.0. The van der Waals surface area contributed by atoms with Crippen LogP contribution in [0.4, 0.5) is 37.7 Å². The van der Waals surface area contributed by atoms with E-state index in [0.717, 1.165) is 10.4 Å². The second-order valence-electron chi connectivity index (χ2n) is 6.78. The molecule has 1 saturated heterocycles. The van der Waals surface area contributed by atoms with E-state index < -0.39 is 50.7 Å². The second kappa shape index (κ2) is 8.31. The van der Waals surface area contributed by atoms with Crippen LogP contribution in [0.1, 0.15) is 27.9 Å². The fraction of sp³-hybridized carbons (Fsp3) is 0.278. The Hall–Kier alpha value is -2.18. The predicted molar refractivity (Wildman–Crippen MR) is 107 cm³/mol. The molecule has 0 saturated carbocycles. The third-order valence-electron chi connectivity index (χ3n) is 4.49. The van der Waals surface area contributed by atoms with Crippen molar-refractivity contribution in [2.24, 2.45) is 0 Å². The third kappa shape index (κ3) is 5.07. The van der Waals surface area contributed by atoms with Crippen molar-refractivity contribution < 1.29 is 39.6 Å². The number of rotatable bonds is 3. The largest absolute Gasteiger partial charge is 0.416 e. The number of carbonyl (C=O) groups is 1. The van der Waals surface area contributed by atoms with E-state index in [1.165, 1.54) is 6.07 Å². The lowest BCUT2D eigenvalue weighted by molar-refractivity contribution is -0.143. The monoisotopic (exact) mass is 520 g/mol. The van der Waals surface area contributed by atoms with E-state index in [1.54, 1.807) is 0 Å². The Kier molecular flexibility index (Phi) is 6.35. The summed E-state index contributed by atoms with van der Waals surface area (Å²) in [7, 11) is -3.67. The maximum absolute atomic E-state index is 13.0. The van der Waals surface area contributed by atoms with Crippen molar-refractivity contribution in [2.45, 2.75) is 18.8 Å². The van der Waals surface area contributed by atoms with Crippen molar-refractivity contribution in [3.8, 4) is 0 Å². The van der Waals surface area contributed by atoms with Gasteiger partial charge in [-0.1, -0.05) is 23.2 Å². The minimum absolute atomic E-state index is 0.0120. The van der Waals surface area contributed by atoms with Crippen LogP contribution in [0, 0.1) is 0 Å². The Labute approximate surface area is 188 Å². The van der Waals surface area contributed by atoms with Gasteiger partial charge < -0.3 is 5.32 Å². The van der Waals surface area contributed by atoms with Crippen LogP contribution in [0.5, 0.6) is 0 Å². The van der Waals surface area contributed by atoms with Crippen molar-refractivity contribution in [1.29, 1.82) is 0 Å². The summed E-state index contributed by atoms with van der Waals surface area (Å²) in [6, 6.07) is 2.81. The van der Waals surface area contributed by atoms with Gasteiger partial charge >= 0.3 is 12.4 Å². The molecule has 0 radical (unpaired) electrons. The number of hydrogen-bond acceptors (Lipinski definition) is 3. The SMILES string of the molecule is O=C(Nc1cc(C(F)(F)F)cc(C(F)(F)F)c1)c1cc(N2CCCS2(=O)=O)cc(Cl)c1Cl. The molecule has 1 aliphatic heterocycles. The molecule has 0 bridgehead atoms. The first-order valence-electron chi connectivity index (χ1n) is 8.70. The van der Waals surface area contributed by atoms with Crippen LogP contribution in [0.3, 0.4) is 0 Å². The highest BCUT2D eigenvalue weighted by Crippen LogP contribution is 2.38. The fourth-order valence-corrected chi connectivity index (χ4v) is 5.00. The number of sulfonamides is 1. The molecule has 32 heavy (non-hydrogen) atoms. The molecular formula is C18H12Cl2F6N2O3S. The molecule has 3 rings (SSSR count). The molecule has 1 aliphatic rings. The number of anilines is 2. The number of nitrogens with zero attached hydrogens (tertiary/aromatic N) is 1. The average molecular weight is 521 g/mol. The number of hydrogen-bond donors (Lipinski definition) is 1. The van der Waals surface area contributed by atoms with Gasteiger partial charge in [0.1, 0.15) is 0 Å². The first kappa shape index (κ1) is 24.5. The Balaban J connectivity index is 2.02. The average Bonchev–Trinajstić information content (AvgIpc) is 3.01. The van der Waals surface area contributed by atoms with E-state index in [4.69, 9.17) is 23.2 Å². The molecule has 0 aromatic heterocycles. The van der Waals surface area contributed by atoms with Crippen LogP contribution in [0.2, 0.25) is 10.0 Å². The molecule has 0 unspecified atom stereocenters. The van der Waals surface area contributed by atoms with Crippen LogP contribution in [0.25, 0.3) is 0 Å². The molecule has 0 spiro atoms. The molecule has 1 amide bonds. The third-order valence-corrected chi connectivity index (χ3v) is 7.16. The zero-order valence-corrected chi connectivity index (χ0v) is 17.9. The Morgan fingerprint density at radius 1 is 0.938 bits per heavy atom. The van der Waals surface area contributed by atoms with Crippen LogP contribution in [-0.4, -0.2) is 26.6 Å². The lowest BCUT2D eigenvalue weighted by Crippen LogP contribution is -2.25. The number of alkyl halides is 6. The first-order chi connectivity index (χ1) is 14.6. The van der Waals surface area contributed by atoms with E-state index in [-0.39, 0.29) is 34.1 Å². The van der Waals surface area contributed by atoms with Gasteiger partial charge in [-0.2, -0.15) is 26.3 Å². The number of benzene rings is 2. The standard InChI is InChI=1S/C18H12Cl2F6N2O3S/c19-14-8-12(28-2-1-3-32(28,30)31)7-13(15(14)20)16(29)27-11-5-9(17(21,22)23)4-10(6-11)18(24,25)26/h4-8H,1-3H2,(H,27,29). The highest BCUT2D eigenvalue weighted by molar-refractivity contribution is 7.93. The van der Waals surface area contributed by atoms with Crippen molar-refractivity contribution >= 4 is 50.5 Å². The van der Waals surface area contributed by atoms with Crippen molar-refractivity contribution in [2.75, 3.05) is 21.9 Å². The molecule has 0 aliphatic carbocycles.